The van der Waals surface area contributed by atoms with Crippen molar-refractivity contribution in [3.63, 3.8) is 0 Å². The molecule has 0 radical (unpaired) electrons. The summed E-state index contributed by atoms with van der Waals surface area (Å²) in [4.78, 5) is 8.13. The van der Waals surface area contributed by atoms with Crippen LogP contribution < -0.4 is 16.2 Å². The first kappa shape index (κ1) is 16.2. The SMILES string of the molecule is Nc1cnc(-c2ccc(C3CCC3)c(Oc3ccc(N)nn3)c2F)cn1. The first-order valence-corrected chi connectivity index (χ1v) is 8.29. The van der Waals surface area contributed by atoms with Gasteiger partial charge in [0, 0.05) is 17.2 Å². The zero-order valence-electron chi connectivity index (χ0n) is 13.9. The van der Waals surface area contributed by atoms with Crippen LogP contribution in [0, 0.1) is 5.82 Å². The van der Waals surface area contributed by atoms with Crippen LogP contribution in [-0.2, 0) is 0 Å². The highest BCUT2D eigenvalue weighted by molar-refractivity contribution is 5.64. The Balaban J connectivity index is 1.78. The lowest BCUT2D eigenvalue weighted by Gasteiger charge is -2.28. The van der Waals surface area contributed by atoms with Gasteiger partial charge in [-0.15, -0.1) is 10.2 Å². The van der Waals surface area contributed by atoms with Crippen LogP contribution in [0.2, 0.25) is 0 Å². The van der Waals surface area contributed by atoms with Gasteiger partial charge in [0.05, 0.1) is 18.1 Å². The topological polar surface area (TPSA) is 113 Å². The maximum absolute atomic E-state index is 15.3. The van der Waals surface area contributed by atoms with E-state index >= 15 is 4.39 Å². The molecule has 4 rings (SSSR count). The van der Waals surface area contributed by atoms with Gasteiger partial charge in [0.2, 0.25) is 5.88 Å². The van der Waals surface area contributed by atoms with Gasteiger partial charge in [0.15, 0.2) is 11.6 Å². The molecule has 1 saturated carbocycles. The monoisotopic (exact) mass is 352 g/mol. The number of halogens is 1. The Bertz CT molecular complexity index is 926. The summed E-state index contributed by atoms with van der Waals surface area (Å²) in [6.07, 6.45) is 5.96. The first-order chi connectivity index (χ1) is 12.6. The summed E-state index contributed by atoms with van der Waals surface area (Å²) in [5, 5.41) is 7.61. The Morgan fingerprint density at radius 2 is 1.81 bits per heavy atom. The second-order valence-electron chi connectivity index (χ2n) is 6.20. The Hall–Kier alpha value is -3.29. The molecule has 132 valence electrons. The molecule has 7 nitrogen and oxygen atoms in total. The van der Waals surface area contributed by atoms with E-state index in [1.807, 2.05) is 6.07 Å². The number of nitrogens with two attached hydrogens (primary N) is 2. The van der Waals surface area contributed by atoms with Gasteiger partial charge in [-0.1, -0.05) is 12.5 Å². The number of benzene rings is 1. The van der Waals surface area contributed by atoms with Gasteiger partial charge < -0.3 is 16.2 Å². The molecule has 1 aliphatic carbocycles. The molecule has 2 aromatic heterocycles. The molecule has 0 amide bonds. The standard InChI is InChI=1S/C18H17FN6O/c19-17-12(13-8-23-15(21)9-22-13)5-4-11(10-2-1-3-10)18(17)26-16-7-6-14(20)24-25-16/h4-10H,1-3H2,(H2,20,24)(H2,21,23). The fourth-order valence-corrected chi connectivity index (χ4v) is 2.88. The summed E-state index contributed by atoms with van der Waals surface area (Å²) in [6, 6.07) is 6.69. The Morgan fingerprint density at radius 3 is 2.42 bits per heavy atom. The number of anilines is 2. The molecular weight excluding hydrogens is 335 g/mol. The summed E-state index contributed by atoms with van der Waals surface area (Å²) in [6.45, 7) is 0. The quantitative estimate of drug-likeness (QED) is 0.740. The van der Waals surface area contributed by atoms with Crippen molar-refractivity contribution in [2.45, 2.75) is 25.2 Å². The summed E-state index contributed by atoms with van der Waals surface area (Å²) >= 11 is 0. The third-order valence-corrected chi connectivity index (χ3v) is 4.49. The van der Waals surface area contributed by atoms with E-state index in [2.05, 4.69) is 20.2 Å². The van der Waals surface area contributed by atoms with Gasteiger partial charge in [-0.05, 0) is 30.9 Å². The van der Waals surface area contributed by atoms with Crippen LogP contribution in [0.4, 0.5) is 16.0 Å². The molecule has 0 aliphatic heterocycles. The lowest BCUT2D eigenvalue weighted by Crippen LogP contribution is -2.11. The van der Waals surface area contributed by atoms with Gasteiger partial charge in [-0.25, -0.2) is 9.37 Å². The zero-order chi connectivity index (χ0) is 18.1. The van der Waals surface area contributed by atoms with Crippen molar-refractivity contribution in [1.82, 2.24) is 20.2 Å². The predicted octanol–water partition coefficient (Wildman–Crippen LogP) is 3.30. The summed E-state index contributed by atoms with van der Waals surface area (Å²) in [7, 11) is 0. The van der Waals surface area contributed by atoms with Crippen LogP contribution >= 0.6 is 0 Å². The number of hydrogen-bond donors (Lipinski definition) is 2. The molecule has 0 bridgehead atoms. The number of ether oxygens (including phenoxy) is 1. The number of rotatable bonds is 4. The maximum atomic E-state index is 15.3. The number of hydrogen-bond acceptors (Lipinski definition) is 7. The predicted molar refractivity (Wildman–Crippen MR) is 94.9 cm³/mol. The smallest absolute Gasteiger partial charge is 0.239 e. The third-order valence-electron chi connectivity index (χ3n) is 4.49. The summed E-state index contributed by atoms with van der Waals surface area (Å²) in [5.41, 5.74) is 12.6. The van der Waals surface area contributed by atoms with Crippen LogP contribution in [0.25, 0.3) is 11.3 Å². The lowest BCUT2D eigenvalue weighted by molar-refractivity contribution is 0.376. The fraction of sp³-hybridized carbons (Fsp3) is 0.222. The van der Waals surface area contributed by atoms with Crippen molar-refractivity contribution in [1.29, 1.82) is 0 Å². The normalized spacial score (nSPS) is 14.0. The molecule has 26 heavy (non-hydrogen) atoms. The Morgan fingerprint density at radius 1 is 0.962 bits per heavy atom. The van der Waals surface area contributed by atoms with Crippen LogP contribution in [0.1, 0.15) is 30.7 Å². The second-order valence-corrected chi connectivity index (χ2v) is 6.20. The second kappa shape index (κ2) is 6.55. The molecule has 1 fully saturated rings. The van der Waals surface area contributed by atoms with E-state index < -0.39 is 5.82 Å². The minimum atomic E-state index is -0.507. The van der Waals surface area contributed by atoms with Crippen molar-refractivity contribution in [3.8, 4) is 22.9 Å². The van der Waals surface area contributed by atoms with Gasteiger partial charge in [-0.3, -0.25) is 4.98 Å². The van der Waals surface area contributed by atoms with Crippen molar-refractivity contribution in [3.05, 3.63) is 48.0 Å². The van der Waals surface area contributed by atoms with E-state index in [1.165, 1.54) is 12.4 Å². The van der Waals surface area contributed by atoms with E-state index in [-0.39, 0.29) is 29.2 Å². The van der Waals surface area contributed by atoms with Crippen LogP contribution in [0.3, 0.4) is 0 Å². The average Bonchev–Trinajstić information content (AvgIpc) is 2.59. The van der Waals surface area contributed by atoms with Crippen LogP contribution in [0.5, 0.6) is 11.6 Å². The molecule has 3 aromatic rings. The van der Waals surface area contributed by atoms with Crippen LogP contribution in [-0.4, -0.2) is 20.2 Å². The van der Waals surface area contributed by atoms with E-state index in [4.69, 9.17) is 16.2 Å². The first-order valence-electron chi connectivity index (χ1n) is 8.29. The highest BCUT2D eigenvalue weighted by Gasteiger charge is 2.27. The Kier molecular flexibility index (Phi) is 4.08. The summed E-state index contributed by atoms with van der Waals surface area (Å²) < 4.78 is 21.1. The Labute approximate surface area is 149 Å². The molecule has 0 spiro atoms. The maximum Gasteiger partial charge on any atom is 0.239 e. The number of nitrogens with zero attached hydrogens (tertiary/aromatic N) is 4. The van der Waals surface area contributed by atoms with Gasteiger partial charge >= 0.3 is 0 Å². The van der Waals surface area contributed by atoms with Crippen molar-refractivity contribution < 1.29 is 9.13 Å². The lowest BCUT2D eigenvalue weighted by atomic mass is 9.79. The molecule has 4 N–H and O–H groups in total. The third kappa shape index (κ3) is 3.01. The van der Waals surface area contributed by atoms with Gasteiger partial charge in [0.1, 0.15) is 11.6 Å². The molecule has 0 unspecified atom stereocenters. The molecule has 0 saturated heterocycles. The number of aromatic nitrogens is 4. The van der Waals surface area contributed by atoms with E-state index in [0.29, 0.717) is 11.3 Å². The minimum absolute atomic E-state index is 0.143. The highest BCUT2D eigenvalue weighted by Crippen LogP contribution is 2.44. The molecule has 1 aromatic carbocycles. The molecule has 1 aliphatic rings. The molecule has 8 heteroatoms. The fourth-order valence-electron chi connectivity index (χ4n) is 2.88. The highest BCUT2D eigenvalue weighted by atomic mass is 19.1. The van der Waals surface area contributed by atoms with E-state index in [1.54, 1.807) is 18.2 Å². The van der Waals surface area contributed by atoms with E-state index in [0.717, 1.165) is 24.8 Å². The number of nitrogen functional groups attached to an aromatic ring is 2. The molecular formula is C18H17FN6O. The van der Waals surface area contributed by atoms with Crippen molar-refractivity contribution in [2.24, 2.45) is 0 Å². The largest absolute Gasteiger partial charge is 0.434 e. The minimum Gasteiger partial charge on any atom is -0.434 e. The molecule has 0 atom stereocenters. The molecule has 2 heterocycles. The average molecular weight is 352 g/mol. The summed E-state index contributed by atoms with van der Waals surface area (Å²) in [5.74, 6) is 0.626. The van der Waals surface area contributed by atoms with Crippen molar-refractivity contribution >= 4 is 11.6 Å². The van der Waals surface area contributed by atoms with Crippen molar-refractivity contribution in [2.75, 3.05) is 11.5 Å². The van der Waals surface area contributed by atoms with Crippen LogP contribution in [0.15, 0.2) is 36.7 Å². The van der Waals surface area contributed by atoms with E-state index in [9.17, 15) is 0 Å². The zero-order valence-corrected chi connectivity index (χ0v) is 13.9. The van der Waals surface area contributed by atoms with Gasteiger partial charge in [-0.2, -0.15) is 0 Å². The van der Waals surface area contributed by atoms with Gasteiger partial charge in [0.25, 0.3) is 0 Å².